The molecular weight excluding hydrogens is 292 g/mol. The summed E-state index contributed by atoms with van der Waals surface area (Å²) in [6.07, 6.45) is 10.2. The van der Waals surface area contributed by atoms with E-state index in [1.165, 1.54) is 37.0 Å². The van der Waals surface area contributed by atoms with Crippen molar-refractivity contribution in [3.05, 3.63) is 28.2 Å². The SMILES string of the molecule is O=Cc1cn(C2CCCCCC2)nc1-c1ccc(Cl)s1. The highest BCUT2D eigenvalue weighted by Crippen LogP contribution is 2.33. The van der Waals surface area contributed by atoms with Crippen molar-refractivity contribution in [3.8, 4) is 10.6 Å². The molecule has 3 nitrogen and oxygen atoms in total. The van der Waals surface area contributed by atoms with Crippen LogP contribution in [0.1, 0.15) is 54.9 Å². The van der Waals surface area contributed by atoms with Gasteiger partial charge in [0.05, 0.1) is 20.8 Å². The Morgan fingerprint density at radius 2 is 2.00 bits per heavy atom. The molecule has 3 rings (SSSR count). The minimum absolute atomic E-state index is 0.431. The quantitative estimate of drug-likeness (QED) is 0.592. The number of rotatable bonds is 3. The standard InChI is InChI=1S/C15H17ClN2OS/c16-14-8-7-13(20-14)15-11(10-19)9-18(17-15)12-5-3-1-2-4-6-12/h7-10,12H,1-6H2. The fraction of sp³-hybridized carbons (Fsp3) is 0.467. The van der Waals surface area contributed by atoms with Crippen LogP contribution in [0.5, 0.6) is 0 Å². The summed E-state index contributed by atoms with van der Waals surface area (Å²) in [5.41, 5.74) is 1.42. The maximum absolute atomic E-state index is 11.3. The van der Waals surface area contributed by atoms with Gasteiger partial charge in [0.15, 0.2) is 6.29 Å². The van der Waals surface area contributed by atoms with Crippen molar-refractivity contribution in [3.63, 3.8) is 0 Å². The average Bonchev–Trinajstić information content (AvgIpc) is 2.97. The topological polar surface area (TPSA) is 34.9 Å². The Balaban J connectivity index is 1.93. The number of hydrogen-bond acceptors (Lipinski definition) is 3. The van der Waals surface area contributed by atoms with Gasteiger partial charge in [0, 0.05) is 6.20 Å². The van der Waals surface area contributed by atoms with Crippen LogP contribution in [0, 0.1) is 0 Å². The lowest BCUT2D eigenvalue weighted by Gasteiger charge is -2.14. The summed E-state index contributed by atoms with van der Waals surface area (Å²) in [5.74, 6) is 0. The van der Waals surface area contributed by atoms with Gasteiger partial charge < -0.3 is 0 Å². The fourth-order valence-electron chi connectivity index (χ4n) is 2.83. The highest BCUT2D eigenvalue weighted by Gasteiger charge is 2.19. The Labute approximate surface area is 127 Å². The van der Waals surface area contributed by atoms with Crippen molar-refractivity contribution in [2.45, 2.75) is 44.6 Å². The molecule has 20 heavy (non-hydrogen) atoms. The third-order valence-electron chi connectivity index (χ3n) is 3.89. The molecule has 1 saturated carbocycles. The van der Waals surface area contributed by atoms with E-state index in [0.717, 1.165) is 34.0 Å². The number of hydrogen-bond donors (Lipinski definition) is 0. The van der Waals surface area contributed by atoms with E-state index in [-0.39, 0.29) is 0 Å². The van der Waals surface area contributed by atoms with Gasteiger partial charge in [0.25, 0.3) is 0 Å². The van der Waals surface area contributed by atoms with Crippen molar-refractivity contribution < 1.29 is 4.79 Å². The second kappa shape index (κ2) is 6.10. The summed E-state index contributed by atoms with van der Waals surface area (Å²) >= 11 is 7.44. The van der Waals surface area contributed by atoms with E-state index in [0.29, 0.717) is 11.6 Å². The Hall–Kier alpha value is -1.13. The Morgan fingerprint density at radius 1 is 1.25 bits per heavy atom. The maximum atomic E-state index is 11.3. The molecule has 0 amide bonds. The molecule has 0 aromatic carbocycles. The summed E-state index contributed by atoms with van der Waals surface area (Å²) in [4.78, 5) is 12.3. The highest BCUT2D eigenvalue weighted by atomic mass is 35.5. The smallest absolute Gasteiger partial charge is 0.153 e. The first-order valence-corrected chi connectivity index (χ1v) is 8.27. The predicted molar refractivity (Wildman–Crippen MR) is 82.7 cm³/mol. The molecule has 5 heteroatoms. The van der Waals surface area contributed by atoms with Gasteiger partial charge in [-0.25, -0.2) is 0 Å². The van der Waals surface area contributed by atoms with Crippen molar-refractivity contribution in [1.82, 2.24) is 9.78 Å². The molecule has 0 atom stereocenters. The minimum Gasteiger partial charge on any atom is -0.298 e. The number of thiophene rings is 1. The van der Waals surface area contributed by atoms with Crippen LogP contribution in [-0.2, 0) is 0 Å². The second-order valence-electron chi connectivity index (χ2n) is 5.28. The van der Waals surface area contributed by atoms with Crippen LogP contribution in [-0.4, -0.2) is 16.1 Å². The van der Waals surface area contributed by atoms with E-state index < -0.39 is 0 Å². The number of aldehydes is 1. The minimum atomic E-state index is 0.431. The van der Waals surface area contributed by atoms with Gasteiger partial charge in [-0.1, -0.05) is 37.3 Å². The molecular formula is C15H17ClN2OS. The lowest BCUT2D eigenvalue weighted by Crippen LogP contribution is -2.08. The molecule has 2 heterocycles. The number of carbonyl (C=O) groups excluding carboxylic acids is 1. The molecule has 0 aliphatic heterocycles. The van der Waals surface area contributed by atoms with Gasteiger partial charge in [0.1, 0.15) is 5.69 Å². The van der Waals surface area contributed by atoms with Gasteiger partial charge in [0.2, 0.25) is 0 Å². The monoisotopic (exact) mass is 308 g/mol. The summed E-state index contributed by atoms with van der Waals surface area (Å²) in [5, 5.41) is 4.67. The third-order valence-corrected chi connectivity index (χ3v) is 5.13. The Morgan fingerprint density at radius 3 is 2.60 bits per heavy atom. The molecule has 2 aromatic heterocycles. The van der Waals surface area contributed by atoms with Gasteiger partial charge in [-0.3, -0.25) is 9.48 Å². The zero-order chi connectivity index (χ0) is 13.9. The van der Waals surface area contributed by atoms with Crippen LogP contribution in [0.15, 0.2) is 18.3 Å². The van der Waals surface area contributed by atoms with Crippen LogP contribution < -0.4 is 0 Å². The van der Waals surface area contributed by atoms with E-state index in [2.05, 4.69) is 5.10 Å². The van der Waals surface area contributed by atoms with Crippen molar-refractivity contribution in [2.24, 2.45) is 0 Å². The fourth-order valence-corrected chi connectivity index (χ4v) is 3.88. The van der Waals surface area contributed by atoms with Gasteiger partial charge in [-0.05, 0) is 25.0 Å². The number of halogens is 1. The first kappa shape index (κ1) is 13.8. The van der Waals surface area contributed by atoms with E-state index >= 15 is 0 Å². The van der Waals surface area contributed by atoms with E-state index in [1.807, 2.05) is 23.0 Å². The van der Waals surface area contributed by atoms with Crippen molar-refractivity contribution >= 4 is 29.2 Å². The predicted octanol–water partition coefficient (Wildman–Crippen LogP) is 4.97. The molecule has 0 unspecified atom stereocenters. The highest BCUT2D eigenvalue weighted by molar-refractivity contribution is 7.19. The molecule has 106 valence electrons. The van der Waals surface area contributed by atoms with Crippen molar-refractivity contribution in [1.29, 1.82) is 0 Å². The third kappa shape index (κ3) is 2.81. The largest absolute Gasteiger partial charge is 0.298 e. The normalized spacial score (nSPS) is 17.1. The van der Waals surface area contributed by atoms with Crippen LogP contribution in [0.25, 0.3) is 10.6 Å². The van der Waals surface area contributed by atoms with Crippen LogP contribution in [0.3, 0.4) is 0 Å². The summed E-state index contributed by atoms with van der Waals surface area (Å²) in [6.45, 7) is 0. The summed E-state index contributed by atoms with van der Waals surface area (Å²) in [7, 11) is 0. The van der Waals surface area contributed by atoms with E-state index in [1.54, 1.807) is 0 Å². The molecule has 0 radical (unpaired) electrons. The molecule has 0 bridgehead atoms. The van der Waals surface area contributed by atoms with Crippen molar-refractivity contribution in [2.75, 3.05) is 0 Å². The summed E-state index contributed by atoms with van der Waals surface area (Å²) in [6, 6.07) is 4.21. The molecule has 0 saturated heterocycles. The molecule has 1 fully saturated rings. The Kier molecular flexibility index (Phi) is 4.22. The lowest BCUT2D eigenvalue weighted by molar-refractivity contribution is 0.112. The lowest BCUT2D eigenvalue weighted by atomic mass is 10.1. The van der Waals surface area contributed by atoms with Crippen LogP contribution >= 0.6 is 22.9 Å². The maximum Gasteiger partial charge on any atom is 0.153 e. The zero-order valence-electron chi connectivity index (χ0n) is 11.2. The molecule has 1 aliphatic carbocycles. The van der Waals surface area contributed by atoms with E-state index in [9.17, 15) is 4.79 Å². The molecule has 1 aliphatic rings. The molecule has 0 N–H and O–H groups in total. The number of nitrogens with zero attached hydrogens (tertiary/aromatic N) is 2. The van der Waals surface area contributed by atoms with Gasteiger partial charge in [-0.2, -0.15) is 5.10 Å². The second-order valence-corrected chi connectivity index (χ2v) is 7.00. The van der Waals surface area contributed by atoms with Crippen LogP contribution in [0.2, 0.25) is 4.34 Å². The zero-order valence-corrected chi connectivity index (χ0v) is 12.8. The van der Waals surface area contributed by atoms with Gasteiger partial charge in [-0.15, -0.1) is 11.3 Å². The first-order chi connectivity index (χ1) is 9.78. The van der Waals surface area contributed by atoms with Crippen LogP contribution in [0.4, 0.5) is 0 Å². The summed E-state index contributed by atoms with van der Waals surface area (Å²) < 4.78 is 2.72. The first-order valence-electron chi connectivity index (χ1n) is 7.08. The van der Waals surface area contributed by atoms with Gasteiger partial charge >= 0.3 is 0 Å². The van der Waals surface area contributed by atoms with E-state index in [4.69, 9.17) is 11.6 Å². The Bertz CT molecular complexity index is 597. The number of carbonyl (C=O) groups is 1. The average molecular weight is 309 g/mol. The molecule has 2 aromatic rings. The molecule has 0 spiro atoms. The number of aromatic nitrogens is 2.